The predicted molar refractivity (Wildman–Crippen MR) is 162 cm³/mol. The Bertz CT molecular complexity index is 1380. The van der Waals surface area contributed by atoms with E-state index in [0.717, 1.165) is 27.4 Å². The van der Waals surface area contributed by atoms with Crippen LogP contribution in [0, 0.1) is 0 Å². The Morgan fingerprint density at radius 3 is 2.54 bits per heavy atom. The number of carbonyl (C=O) groups is 2. The zero-order valence-corrected chi connectivity index (χ0v) is 24.8. The molecule has 1 amide bonds. The van der Waals surface area contributed by atoms with Crippen LogP contribution in [0.2, 0.25) is 0 Å². The lowest BCUT2D eigenvalue weighted by atomic mass is 10.1. The second-order valence-corrected chi connectivity index (χ2v) is 11.2. The van der Waals surface area contributed by atoms with Crippen molar-refractivity contribution in [3.63, 3.8) is 0 Å². The molecule has 1 fully saturated rings. The monoisotopic (exact) mass is 625 g/mol. The number of rotatable bonds is 11. The molecule has 202 valence electrons. The van der Waals surface area contributed by atoms with Gasteiger partial charge in [0.05, 0.1) is 18.1 Å². The molecule has 9 heteroatoms. The lowest BCUT2D eigenvalue weighted by Crippen LogP contribution is -2.38. The fourth-order valence-electron chi connectivity index (χ4n) is 3.95. The Kier molecular flexibility index (Phi) is 10.2. The molecule has 1 aliphatic rings. The van der Waals surface area contributed by atoms with E-state index in [4.69, 9.17) is 26.4 Å². The summed E-state index contributed by atoms with van der Waals surface area (Å²) in [6.07, 6.45) is 2.43. The molecule has 1 unspecified atom stereocenters. The van der Waals surface area contributed by atoms with E-state index in [9.17, 15) is 9.59 Å². The second-order valence-electron chi connectivity index (χ2n) is 8.59. The summed E-state index contributed by atoms with van der Waals surface area (Å²) in [7, 11) is 0. The van der Waals surface area contributed by atoms with Gasteiger partial charge in [-0.15, -0.1) is 0 Å². The fourth-order valence-corrected chi connectivity index (χ4v) is 5.71. The highest BCUT2D eigenvalue weighted by Gasteiger charge is 2.42. The number of carbonyl (C=O) groups excluding carboxylic acids is 2. The van der Waals surface area contributed by atoms with Crippen LogP contribution >= 0.6 is 39.9 Å². The molecule has 6 nitrogen and oxygen atoms in total. The molecule has 0 radical (unpaired) electrons. The zero-order chi connectivity index (χ0) is 27.8. The molecule has 3 aromatic carbocycles. The minimum atomic E-state index is -0.955. The molecule has 0 saturated carbocycles. The van der Waals surface area contributed by atoms with E-state index in [1.165, 1.54) is 4.90 Å². The van der Waals surface area contributed by atoms with E-state index in [2.05, 4.69) is 15.9 Å². The highest BCUT2D eigenvalue weighted by molar-refractivity contribution is 9.10. The number of hydrogen-bond acceptors (Lipinski definition) is 7. The SMILES string of the molecule is CCCOC(=O)C(c1ccccc1)N1C(=O)/C(=C\c2ccc(OCc3cccc(Br)c3)c(OCC)c2)SC1=S. The number of thioether (sulfide) groups is 1. The number of nitrogens with zero attached hydrogens (tertiary/aromatic N) is 1. The summed E-state index contributed by atoms with van der Waals surface area (Å²) >= 11 is 10.2. The average Bonchev–Trinajstić information content (AvgIpc) is 3.20. The maximum Gasteiger partial charge on any atom is 0.333 e. The molecule has 0 aromatic heterocycles. The quantitative estimate of drug-likeness (QED) is 0.126. The number of esters is 1. The summed E-state index contributed by atoms with van der Waals surface area (Å²) < 4.78 is 18.6. The van der Waals surface area contributed by atoms with E-state index in [-0.39, 0.29) is 12.5 Å². The molecule has 0 N–H and O–H groups in total. The van der Waals surface area contributed by atoms with Crippen LogP contribution in [0.25, 0.3) is 6.08 Å². The van der Waals surface area contributed by atoms with Crippen LogP contribution in [0.1, 0.15) is 43.0 Å². The minimum absolute atomic E-state index is 0.267. The van der Waals surface area contributed by atoms with Crippen molar-refractivity contribution in [2.24, 2.45) is 0 Å². The number of benzene rings is 3. The van der Waals surface area contributed by atoms with Crippen molar-refractivity contribution in [1.82, 2.24) is 4.90 Å². The van der Waals surface area contributed by atoms with E-state index >= 15 is 0 Å². The van der Waals surface area contributed by atoms with Gasteiger partial charge >= 0.3 is 5.97 Å². The largest absolute Gasteiger partial charge is 0.490 e. The predicted octanol–water partition coefficient (Wildman–Crippen LogP) is 7.32. The molecule has 1 atom stereocenters. The van der Waals surface area contributed by atoms with Crippen molar-refractivity contribution in [3.8, 4) is 11.5 Å². The third kappa shape index (κ3) is 7.29. The maximum absolute atomic E-state index is 13.6. The third-order valence-corrected chi connectivity index (χ3v) is 7.54. The van der Waals surface area contributed by atoms with Gasteiger partial charge < -0.3 is 14.2 Å². The Morgan fingerprint density at radius 1 is 1.03 bits per heavy atom. The summed E-state index contributed by atoms with van der Waals surface area (Å²) in [5.74, 6) is 0.317. The first-order chi connectivity index (χ1) is 18.9. The molecular weight excluding hydrogens is 598 g/mol. The molecule has 0 spiro atoms. The molecule has 1 heterocycles. The van der Waals surface area contributed by atoms with Crippen molar-refractivity contribution < 1.29 is 23.8 Å². The van der Waals surface area contributed by atoms with Crippen molar-refractivity contribution >= 4 is 62.2 Å². The first-order valence-corrected chi connectivity index (χ1v) is 14.6. The van der Waals surface area contributed by atoms with Gasteiger partial charge in [-0.1, -0.05) is 95.4 Å². The van der Waals surface area contributed by atoms with Crippen molar-refractivity contribution in [2.75, 3.05) is 13.2 Å². The normalized spacial score (nSPS) is 14.9. The number of halogens is 1. The molecular formula is C30H28BrNO5S2. The third-order valence-electron chi connectivity index (χ3n) is 5.72. The van der Waals surface area contributed by atoms with Crippen molar-refractivity contribution in [3.05, 3.63) is 98.9 Å². The number of amides is 1. The summed E-state index contributed by atoms with van der Waals surface area (Å²) in [5.41, 5.74) is 2.41. The van der Waals surface area contributed by atoms with Crippen LogP contribution in [-0.2, 0) is 20.9 Å². The van der Waals surface area contributed by atoms with E-state index in [1.807, 2.05) is 74.5 Å². The van der Waals surface area contributed by atoms with Crippen LogP contribution in [0.5, 0.6) is 11.5 Å². The number of ether oxygens (including phenoxy) is 3. The summed E-state index contributed by atoms with van der Waals surface area (Å²) in [5, 5.41) is 0. The lowest BCUT2D eigenvalue weighted by molar-refractivity contribution is -0.151. The van der Waals surface area contributed by atoms with Gasteiger partial charge in [-0.25, -0.2) is 4.79 Å². The van der Waals surface area contributed by atoms with Gasteiger partial charge in [-0.3, -0.25) is 9.69 Å². The molecule has 1 aliphatic heterocycles. The first kappa shape index (κ1) is 28.9. The minimum Gasteiger partial charge on any atom is -0.490 e. The van der Waals surface area contributed by atoms with Crippen LogP contribution in [0.3, 0.4) is 0 Å². The topological polar surface area (TPSA) is 65.1 Å². The average molecular weight is 627 g/mol. The Balaban J connectivity index is 1.58. The lowest BCUT2D eigenvalue weighted by Gasteiger charge is -2.25. The van der Waals surface area contributed by atoms with Crippen molar-refractivity contribution in [2.45, 2.75) is 32.9 Å². The summed E-state index contributed by atoms with van der Waals surface area (Å²) in [6, 6.07) is 21.5. The zero-order valence-electron chi connectivity index (χ0n) is 21.6. The molecule has 0 aliphatic carbocycles. The molecule has 4 rings (SSSR count). The Morgan fingerprint density at radius 2 is 1.82 bits per heavy atom. The Labute approximate surface area is 246 Å². The van der Waals surface area contributed by atoms with Crippen LogP contribution in [0.4, 0.5) is 0 Å². The van der Waals surface area contributed by atoms with Gasteiger partial charge in [0.15, 0.2) is 17.5 Å². The molecule has 1 saturated heterocycles. The summed E-state index contributed by atoms with van der Waals surface area (Å²) in [6.45, 7) is 4.92. The van der Waals surface area contributed by atoms with Gasteiger partial charge in [-0.2, -0.15) is 0 Å². The Hall–Kier alpha value is -3.14. The van der Waals surface area contributed by atoms with Gasteiger partial charge in [0.2, 0.25) is 0 Å². The van der Waals surface area contributed by atoms with E-state index < -0.39 is 12.0 Å². The highest BCUT2D eigenvalue weighted by atomic mass is 79.9. The van der Waals surface area contributed by atoms with Gasteiger partial charge in [0, 0.05) is 4.47 Å². The van der Waals surface area contributed by atoms with Gasteiger partial charge in [-0.05, 0) is 60.4 Å². The second kappa shape index (κ2) is 13.8. The van der Waals surface area contributed by atoms with E-state index in [1.54, 1.807) is 18.2 Å². The highest BCUT2D eigenvalue weighted by Crippen LogP contribution is 2.39. The van der Waals surface area contributed by atoms with Gasteiger partial charge in [0.1, 0.15) is 10.9 Å². The molecule has 39 heavy (non-hydrogen) atoms. The number of hydrogen-bond donors (Lipinski definition) is 0. The first-order valence-electron chi connectivity index (χ1n) is 12.5. The fraction of sp³-hybridized carbons (Fsp3) is 0.233. The van der Waals surface area contributed by atoms with Gasteiger partial charge in [0.25, 0.3) is 5.91 Å². The van der Waals surface area contributed by atoms with E-state index in [0.29, 0.717) is 45.9 Å². The van der Waals surface area contributed by atoms with Crippen LogP contribution < -0.4 is 9.47 Å². The smallest absolute Gasteiger partial charge is 0.333 e. The molecule has 0 bridgehead atoms. The van der Waals surface area contributed by atoms with Crippen LogP contribution in [-0.4, -0.2) is 34.3 Å². The van der Waals surface area contributed by atoms with Crippen LogP contribution in [0.15, 0.2) is 82.2 Å². The summed E-state index contributed by atoms with van der Waals surface area (Å²) in [4.78, 5) is 28.4. The maximum atomic E-state index is 13.6. The molecule has 3 aromatic rings. The number of thiocarbonyl (C=S) groups is 1. The standard InChI is InChI=1S/C30H28BrNO5S2/c1-3-15-36-29(34)27(22-10-6-5-7-11-22)32-28(33)26(39-30(32)38)18-20-13-14-24(25(17-20)35-4-2)37-19-21-9-8-12-23(31)16-21/h5-14,16-18,27H,3-4,15,19H2,1-2H3/b26-18+. The van der Waals surface area contributed by atoms with Crippen molar-refractivity contribution in [1.29, 1.82) is 0 Å².